The minimum Gasteiger partial charge on any atom is -0.489 e. The molecule has 1 heterocycles. The Kier molecular flexibility index (Phi) is 5.59. The van der Waals surface area contributed by atoms with Gasteiger partial charge in [0, 0.05) is 12.4 Å². The summed E-state index contributed by atoms with van der Waals surface area (Å²) in [6, 6.07) is 20.4. The molecule has 1 aromatic heterocycles. The van der Waals surface area contributed by atoms with Crippen molar-refractivity contribution >= 4 is 0 Å². The maximum atomic E-state index is 5.81. The summed E-state index contributed by atoms with van der Waals surface area (Å²) in [5.41, 5.74) is 4.69. The third-order valence-corrected chi connectivity index (χ3v) is 3.74. The summed E-state index contributed by atoms with van der Waals surface area (Å²) in [5.74, 6) is 0.869. The second kappa shape index (κ2) is 8.27. The molecule has 0 aliphatic heterocycles. The van der Waals surface area contributed by atoms with Gasteiger partial charge in [-0.05, 0) is 47.9 Å². The summed E-state index contributed by atoms with van der Waals surface area (Å²) in [4.78, 5) is 4.00. The van der Waals surface area contributed by atoms with Crippen molar-refractivity contribution in [3.63, 3.8) is 0 Å². The zero-order valence-corrected chi connectivity index (χ0v) is 13.8. The molecule has 0 N–H and O–H groups in total. The van der Waals surface area contributed by atoms with Gasteiger partial charge < -0.3 is 9.47 Å². The largest absolute Gasteiger partial charge is 0.489 e. The van der Waals surface area contributed by atoms with Crippen LogP contribution in [0.5, 0.6) is 5.75 Å². The fourth-order valence-electron chi connectivity index (χ4n) is 2.30. The van der Waals surface area contributed by atoms with Crippen molar-refractivity contribution in [2.24, 2.45) is 0 Å². The molecule has 2 aromatic carbocycles. The number of hydrogen-bond acceptors (Lipinski definition) is 3. The molecule has 0 aliphatic rings. The van der Waals surface area contributed by atoms with Gasteiger partial charge in [0.2, 0.25) is 0 Å². The maximum absolute atomic E-state index is 5.81. The number of benzene rings is 2. The van der Waals surface area contributed by atoms with Gasteiger partial charge in [0.1, 0.15) is 12.4 Å². The van der Waals surface area contributed by atoms with E-state index in [9.17, 15) is 0 Å². The summed E-state index contributed by atoms with van der Waals surface area (Å²) in [6.07, 6.45) is 3.55. The van der Waals surface area contributed by atoms with Crippen molar-refractivity contribution in [1.82, 2.24) is 4.98 Å². The molecule has 0 unspecified atom stereocenters. The maximum Gasteiger partial charge on any atom is 0.119 e. The average Bonchev–Trinajstić information content (AvgIpc) is 2.63. The summed E-state index contributed by atoms with van der Waals surface area (Å²) < 4.78 is 11.5. The quantitative estimate of drug-likeness (QED) is 0.633. The van der Waals surface area contributed by atoms with E-state index in [0.717, 1.165) is 16.9 Å². The van der Waals surface area contributed by atoms with Gasteiger partial charge in [-0.2, -0.15) is 0 Å². The molecule has 0 fully saturated rings. The lowest BCUT2D eigenvalue weighted by atomic mass is 10.2. The Morgan fingerprint density at radius 1 is 0.667 bits per heavy atom. The van der Waals surface area contributed by atoms with Crippen LogP contribution in [0.15, 0.2) is 73.1 Å². The van der Waals surface area contributed by atoms with Gasteiger partial charge in [-0.15, -0.1) is 0 Å². The van der Waals surface area contributed by atoms with E-state index in [0.29, 0.717) is 19.8 Å². The fraction of sp³-hybridized carbons (Fsp3) is 0.190. The van der Waals surface area contributed by atoms with Crippen LogP contribution in [0.3, 0.4) is 0 Å². The van der Waals surface area contributed by atoms with Gasteiger partial charge in [-0.1, -0.05) is 42.0 Å². The predicted molar refractivity (Wildman–Crippen MR) is 94.7 cm³/mol. The molecule has 122 valence electrons. The molecule has 0 spiro atoms. The molecule has 3 aromatic rings. The van der Waals surface area contributed by atoms with E-state index in [2.05, 4.69) is 36.2 Å². The number of nitrogens with zero attached hydrogens (tertiary/aromatic N) is 1. The Morgan fingerprint density at radius 3 is 1.88 bits per heavy atom. The highest BCUT2D eigenvalue weighted by Gasteiger charge is 1.99. The van der Waals surface area contributed by atoms with Gasteiger partial charge in [0.25, 0.3) is 0 Å². The Bertz CT molecular complexity index is 737. The molecule has 24 heavy (non-hydrogen) atoms. The third kappa shape index (κ3) is 4.93. The Morgan fingerprint density at radius 2 is 1.21 bits per heavy atom. The number of aromatic nitrogens is 1. The van der Waals surface area contributed by atoms with Crippen molar-refractivity contribution in [2.45, 2.75) is 26.7 Å². The fourth-order valence-corrected chi connectivity index (χ4v) is 2.30. The smallest absolute Gasteiger partial charge is 0.119 e. The van der Waals surface area contributed by atoms with E-state index in [1.54, 1.807) is 12.4 Å². The third-order valence-electron chi connectivity index (χ3n) is 3.74. The Balaban J connectivity index is 1.45. The standard InChI is InChI=1S/C21H21NO2/c1-17-2-4-19(5-3-17)16-24-21-8-6-18(7-9-21)14-23-15-20-10-12-22-13-11-20/h2-13H,14-16H2,1H3. The van der Waals surface area contributed by atoms with Gasteiger partial charge in [-0.3, -0.25) is 4.98 Å². The molecule has 3 heteroatoms. The molecule has 0 bridgehead atoms. The predicted octanol–water partition coefficient (Wildman–Crippen LogP) is 4.69. The zero-order valence-electron chi connectivity index (χ0n) is 13.8. The first-order valence-electron chi connectivity index (χ1n) is 8.03. The molecule has 0 amide bonds. The second-order valence-corrected chi connectivity index (χ2v) is 5.77. The van der Waals surface area contributed by atoms with E-state index >= 15 is 0 Å². The van der Waals surface area contributed by atoms with Crippen LogP contribution in [0, 0.1) is 6.92 Å². The van der Waals surface area contributed by atoms with Gasteiger partial charge in [0.15, 0.2) is 0 Å². The Hall–Kier alpha value is -2.65. The molecule has 3 nitrogen and oxygen atoms in total. The molecule has 0 atom stereocenters. The minimum absolute atomic E-state index is 0.582. The summed E-state index contributed by atoms with van der Waals surface area (Å²) in [5, 5.41) is 0. The van der Waals surface area contributed by atoms with Gasteiger partial charge >= 0.3 is 0 Å². The SMILES string of the molecule is Cc1ccc(COc2ccc(COCc3ccncc3)cc2)cc1. The number of aryl methyl sites for hydroxylation is 1. The number of rotatable bonds is 7. The zero-order chi connectivity index (χ0) is 16.6. The summed E-state index contributed by atoms with van der Waals surface area (Å²) in [6.45, 7) is 3.84. The van der Waals surface area contributed by atoms with Crippen molar-refractivity contribution in [3.05, 3.63) is 95.3 Å². The van der Waals surface area contributed by atoms with Crippen LogP contribution in [-0.4, -0.2) is 4.98 Å². The van der Waals surface area contributed by atoms with Gasteiger partial charge in [0.05, 0.1) is 13.2 Å². The van der Waals surface area contributed by atoms with Crippen LogP contribution in [0.1, 0.15) is 22.3 Å². The van der Waals surface area contributed by atoms with E-state index < -0.39 is 0 Å². The molecule has 0 aliphatic carbocycles. The first-order chi connectivity index (χ1) is 11.8. The lowest BCUT2D eigenvalue weighted by molar-refractivity contribution is 0.107. The van der Waals surface area contributed by atoms with E-state index in [1.165, 1.54) is 11.1 Å². The monoisotopic (exact) mass is 319 g/mol. The van der Waals surface area contributed by atoms with Crippen LogP contribution in [0.4, 0.5) is 0 Å². The first kappa shape index (κ1) is 16.2. The van der Waals surface area contributed by atoms with Crippen LogP contribution < -0.4 is 4.74 Å². The first-order valence-corrected chi connectivity index (χ1v) is 8.03. The van der Waals surface area contributed by atoms with Crippen LogP contribution >= 0.6 is 0 Å². The van der Waals surface area contributed by atoms with Crippen molar-refractivity contribution in [3.8, 4) is 5.75 Å². The van der Waals surface area contributed by atoms with Gasteiger partial charge in [-0.25, -0.2) is 0 Å². The lowest BCUT2D eigenvalue weighted by Gasteiger charge is -2.08. The molecular formula is C21H21NO2. The van der Waals surface area contributed by atoms with Crippen molar-refractivity contribution < 1.29 is 9.47 Å². The Labute approximate surface area is 142 Å². The second-order valence-electron chi connectivity index (χ2n) is 5.77. The van der Waals surface area contributed by atoms with Crippen LogP contribution in [0.2, 0.25) is 0 Å². The van der Waals surface area contributed by atoms with E-state index in [1.807, 2.05) is 36.4 Å². The highest BCUT2D eigenvalue weighted by Crippen LogP contribution is 2.15. The molecule has 0 radical (unpaired) electrons. The summed E-state index contributed by atoms with van der Waals surface area (Å²) >= 11 is 0. The topological polar surface area (TPSA) is 31.4 Å². The number of hydrogen-bond donors (Lipinski definition) is 0. The van der Waals surface area contributed by atoms with E-state index in [4.69, 9.17) is 9.47 Å². The highest BCUT2D eigenvalue weighted by atomic mass is 16.5. The average molecular weight is 319 g/mol. The van der Waals surface area contributed by atoms with Crippen LogP contribution in [-0.2, 0) is 24.6 Å². The molecule has 3 rings (SSSR count). The number of ether oxygens (including phenoxy) is 2. The highest BCUT2D eigenvalue weighted by molar-refractivity contribution is 5.28. The van der Waals surface area contributed by atoms with Crippen LogP contribution in [0.25, 0.3) is 0 Å². The van der Waals surface area contributed by atoms with Crippen molar-refractivity contribution in [2.75, 3.05) is 0 Å². The number of pyridine rings is 1. The molecule has 0 saturated heterocycles. The molecule has 0 saturated carbocycles. The molecular weight excluding hydrogens is 298 g/mol. The van der Waals surface area contributed by atoms with E-state index in [-0.39, 0.29) is 0 Å². The minimum atomic E-state index is 0.582. The lowest BCUT2D eigenvalue weighted by Crippen LogP contribution is -1.97. The normalized spacial score (nSPS) is 10.5. The summed E-state index contributed by atoms with van der Waals surface area (Å²) in [7, 11) is 0. The van der Waals surface area contributed by atoms with Crippen molar-refractivity contribution in [1.29, 1.82) is 0 Å².